The van der Waals surface area contributed by atoms with Gasteiger partial charge in [0, 0.05) is 9.47 Å². The van der Waals surface area contributed by atoms with E-state index in [0.717, 1.165) is 0 Å². The minimum absolute atomic E-state index is 0.0550. The summed E-state index contributed by atoms with van der Waals surface area (Å²) in [5, 5.41) is 28.5. The third kappa shape index (κ3) is 2.90. The molecule has 92 valence electrons. The maximum Gasteiger partial charge on any atom is 0.189 e. The molecule has 1 heterocycles. The largest absolute Gasteiger partial charge is 0.394 e. The van der Waals surface area contributed by atoms with Crippen LogP contribution in [0.4, 0.5) is 0 Å². The lowest BCUT2D eigenvalue weighted by atomic mass is 9.99. The topological polar surface area (TPSA) is 88.4 Å². The predicted octanol–water partition coefficient (Wildman–Crippen LogP) is -1.75. The molecule has 0 bridgehead atoms. The van der Waals surface area contributed by atoms with Gasteiger partial charge in [-0.1, -0.05) is 5.92 Å². The minimum atomic E-state index is -1.18. The number of hydrogen-bond donors (Lipinski definition) is 3. The lowest BCUT2D eigenvalue weighted by Crippen LogP contribution is -2.59. The van der Waals surface area contributed by atoms with Crippen molar-refractivity contribution < 1.29 is 29.3 Å². The summed E-state index contributed by atoms with van der Waals surface area (Å²) >= 11 is 0. The molecule has 0 saturated carbocycles. The highest BCUT2D eigenvalue weighted by atomic mass is 31.0. The summed E-state index contributed by atoms with van der Waals surface area (Å²) < 4.78 is 15.0. The molecule has 0 aromatic heterocycles. The van der Waals surface area contributed by atoms with Gasteiger partial charge in [-0.25, -0.2) is 0 Å². The van der Waals surface area contributed by atoms with Crippen molar-refractivity contribution in [1.82, 2.24) is 0 Å². The summed E-state index contributed by atoms with van der Waals surface area (Å²) in [4.78, 5) is 0. The van der Waals surface area contributed by atoms with E-state index in [-0.39, 0.29) is 6.61 Å². The molecule has 0 amide bonds. The molecule has 1 saturated heterocycles. The predicted molar refractivity (Wildman–Crippen MR) is 57.1 cm³/mol. The van der Waals surface area contributed by atoms with E-state index in [9.17, 15) is 10.2 Å². The lowest BCUT2D eigenvalue weighted by Gasteiger charge is -2.40. The Morgan fingerprint density at radius 1 is 1.38 bits per heavy atom. The van der Waals surface area contributed by atoms with Gasteiger partial charge in [0.05, 0.1) is 6.61 Å². The fraction of sp³-hybridized carbons (Fsp3) is 0.778. The van der Waals surface area contributed by atoms with E-state index in [1.54, 1.807) is 0 Å². The Kier molecular flexibility index (Phi) is 5.59. The Bertz CT molecular complexity index is 239. The van der Waals surface area contributed by atoms with Crippen molar-refractivity contribution in [3.05, 3.63) is 0 Å². The van der Waals surface area contributed by atoms with Crippen LogP contribution in [-0.2, 0) is 14.0 Å². The Labute approximate surface area is 95.8 Å². The van der Waals surface area contributed by atoms with Gasteiger partial charge in [-0.15, -0.1) is 6.42 Å². The zero-order chi connectivity index (χ0) is 12.1. The summed E-state index contributed by atoms with van der Waals surface area (Å²) in [5.41, 5.74) is 0. The molecule has 6 nitrogen and oxygen atoms in total. The molecule has 1 aliphatic rings. The van der Waals surface area contributed by atoms with Crippen LogP contribution >= 0.6 is 9.47 Å². The van der Waals surface area contributed by atoms with Crippen LogP contribution in [0.25, 0.3) is 0 Å². The van der Waals surface area contributed by atoms with Gasteiger partial charge < -0.3 is 29.3 Å². The second kappa shape index (κ2) is 6.48. The highest BCUT2D eigenvalue weighted by Gasteiger charge is 2.45. The van der Waals surface area contributed by atoms with E-state index in [0.29, 0.717) is 0 Å². The molecule has 0 radical (unpaired) electrons. The molecule has 0 spiro atoms. The highest BCUT2D eigenvalue weighted by molar-refractivity contribution is 7.09. The minimum Gasteiger partial charge on any atom is -0.394 e. The summed E-state index contributed by atoms with van der Waals surface area (Å²) in [7, 11) is 1.94. The Morgan fingerprint density at radius 2 is 2.06 bits per heavy atom. The second-order valence-electron chi connectivity index (χ2n) is 3.32. The zero-order valence-corrected chi connectivity index (χ0v) is 9.68. The van der Waals surface area contributed by atoms with Crippen LogP contribution in [0.15, 0.2) is 0 Å². The van der Waals surface area contributed by atoms with Crippen LogP contribution in [0, 0.1) is 12.3 Å². The average molecular weight is 250 g/mol. The quantitative estimate of drug-likeness (QED) is 0.405. The number of ether oxygens (including phenoxy) is 2. The monoisotopic (exact) mass is 250 g/mol. The lowest BCUT2D eigenvalue weighted by molar-refractivity contribution is -0.281. The van der Waals surface area contributed by atoms with Crippen molar-refractivity contribution >= 4 is 9.47 Å². The van der Waals surface area contributed by atoms with Gasteiger partial charge in [-0.2, -0.15) is 0 Å². The first-order valence-electron chi connectivity index (χ1n) is 4.68. The van der Waals surface area contributed by atoms with Gasteiger partial charge in [-0.3, -0.25) is 0 Å². The third-order valence-corrected chi connectivity index (χ3v) is 2.58. The van der Waals surface area contributed by atoms with Gasteiger partial charge in [0.2, 0.25) is 0 Å². The molecule has 3 unspecified atom stereocenters. The normalized spacial score (nSPS) is 39.3. The van der Waals surface area contributed by atoms with Crippen molar-refractivity contribution in [2.24, 2.45) is 0 Å². The van der Waals surface area contributed by atoms with Crippen molar-refractivity contribution in [2.75, 3.05) is 13.2 Å². The Morgan fingerprint density at radius 3 is 2.56 bits per heavy atom. The van der Waals surface area contributed by atoms with E-state index in [2.05, 4.69) is 5.92 Å². The number of rotatable bonds is 4. The van der Waals surface area contributed by atoms with E-state index in [1.165, 1.54) is 0 Å². The zero-order valence-electron chi connectivity index (χ0n) is 8.52. The molecule has 16 heavy (non-hydrogen) atoms. The van der Waals surface area contributed by atoms with E-state index >= 15 is 0 Å². The second-order valence-corrected chi connectivity index (χ2v) is 3.59. The maximum absolute atomic E-state index is 9.74. The molecule has 1 fully saturated rings. The fourth-order valence-electron chi connectivity index (χ4n) is 1.51. The molecule has 0 aliphatic carbocycles. The number of terminal acetylenes is 1. The van der Waals surface area contributed by atoms with Gasteiger partial charge in [0.25, 0.3) is 0 Å². The van der Waals surface area contributed by atoms with Crippen LogP contribution < -0.4 is 0 Å². The number of hydrogen-bond acceptors (Lipinski definition) is 6. The van der Waals surface area contributed by atoms with Crippen molar-refractivity contribution in [3.8, 4) is 12.3 Å². The molecule has 1 aliphatic heterocycles. The molecule has 7 heteroatoms. The van der Waals surface area contributed by atoms with Crippen LogP contribution in [0.2, 0.25) is 0 Å². The Hall–Kier alpha value is -0.250. The summed E-state index contributed by atoms with van der Waals surface area (Å²) in [5.74, 6) is 2.23. The van der Waals surface area contributed by atoms with Crippen LogP contribution in [-0.4, -0.2) is 59.2 Å². The van der Waals surface area contributed by atoms with Crippen molar-refractivity contribution in [1.29, 1.82) is 0 Å². The molecule has 3 N–H and O–H groups in total. The smallest absolute Gasteiger partial charge is 0.189 e. The Balaban J connectivity index is 2.72. The molecule has 0 aromatic rings. The SMILES string of the molecule is C#CCOC1[C@@H](O)C(CO)O[C@@H](OP)[C@H]1O. The summed E-state index contributed by atoms with van der Waals surface area (Å²) in [6.45, 7) is -0.463. The van der Waals surface area contributed by atoms with Crippen LogP contribution in [0.1, 0.15) is 0 Å². The third-order valence-electron chi connectivity index (χ3n) is 2.32. The average Bonchev–Trinajstić information content (AvgIpc) is 2.29. The molecular weight excluding hydrogens is 235 g/mol. The van der Waals surface area contributed by atoms with E-state index in [4.69, 9.17) is 25.5 Å². The van der Waals surface area contributed by atoms with E-state index in [1.807, 2.05) is 9.47 Å². The van der Waals surface area contributed by atoms with Gasteiger partial charge in [0.15, 0.2) is 6.29 Å². The molecule has 0 aromatic carbocycles. The van der Waals surface area contributed by atoms with E-state index < -0.39 is 37.3 Å². The summed E-state index contributed by atoms with van der Waals surface area (Å²) in [6.07, 6.45) is -0.145. The van der Waals surface area contributed by atoms with Crippen LogP contribution in [0.3, 0.4) is 0 Å². The van der Waals surface area contributed by atoms with Gasteiger partial charge in [-0.05, 0) is 0 Å². The van der Waals surface area contributed by atoms with Gasteiger partial charge >= 0.3 is 0 Å². The highest BCUT2D eigenvalue weighted by Crippen LogP contribution is 2.25. The van der Waals surface area contributed by atoms with Crippen molar-refractivity contribution in [2.45, 2.75) is 30.7 Å². The molecule has 6 atom stereocenters. The number of aliphatic hydroxyl groups is 3. The van der Waals surface area contributed by atoms with Gasteiger partial charge in [0.1, 0.15) is 31.0 Å². The van der Waals surface area contributed by atoms with Crippen LogP contribution in [0.5, 0.6) is 0 Å². The van der Waals surface area contributed by atoms with Crippen molar-refractivity contribution in [3.63, 3.8) is 0 Å². The molecular formula is C9H15O6P. The molecule has 1 rings (SSSR count). The first-order chi connectivity index (χ1) is 7.65. The summed E-state index contributed by atoms with van der Waals surface area (Å²) in [6, 6.07) is 0. The standard InChI is InChI=1S/C9H15O6P/c1-2-3-13-8-6(11)5(4-10)14-9(15-16)7(8)12/h1,5-12H,3-4,16H2/t5?,6-,7-,8?,9-/m0/s1. The fourth-order valence-corrected chi connectivity index (χ4v) is 1.73. The first kappa shape index (κ1) is 13.8. The number of aliphatic hydroxyl groups excluding tert-OH is 3. The maximum atomic E-state index is 9.74. The first-order valence-corrected chi connectivity index (χ1v) is 5.16.